The molecular weight excluding hydrogens is 256 g/mol. The number of carbonyl (C=O) groups excluding carboxylic acids is 1. The van der Waals surface area contributed by atoms with Crippen LogP contribution < -0.4 is 10.9 Å². The first-order valence-electron chi connectivity index (χ1n) is 6.54. The van der Waals surface area contributed by atoms with Crippen LogP contribution in [0.5, 0.6) is 0 Å². The highest BCUT2D eigenvalue weighted by Gasteiger charge is 2.12. The molecule has 1 aromatic heterocycles. The highest BCUT2D eigenvalue weighted by atomic mass is 16.4. The van der Waals surface area contributed by atoms with E-state index in [2.05, 4.69) is 5.32 Å². The summed E-state index contributed by atoms with van der Waals surface area (Å²) in [5, 5.41) is 3.48. The lowest BCUT2D eigenvalue weighted by Crippen LogP contribution is -2.30. The Morgan fingerprint density at radius 3 is 2.80 bits per heavy atom. The van der Waals surface area contributed by atoms with Crippen molar-refractivity contribution in [2.75, 3.05) is 27.2 Å². The molecule has 1 amide bonds. The van der Waals surface area contributed by atoms with Crippen molar-refractivity contribution in [1.82, 2.24) is 10.2 Å². The van der Waals surface area contributed by atoms with Gasteiger partial charge in [-0.2, -0.15) is 0 Å². The van der Waals surface area contributed by atoms with Crippen LogP contribution >= 0.6 is 0 Å². The molecule has 0 saturated carbocycles. The normalized spacial score (nSPS) is 10.9. The molecule has 0 atom stereocenters. The van der Waals surface area contributed by atoms with Crippen molar-refractivity contribution >= 4 is 16.9 Å². The Hall–Kier alpha value is -2.14. The van der Waals surface area contributed by atoms with Crippen LogP contribution in [0.2, 0.25) is 0 Å². The molecule has 5 heteroatoms. The maximum atomic E-state index is 12.0. The number of fused-ring (bicyclic) bond motifs is 1. The smallest absolute Gasteiger partial charge is 0.349 e. The summed E-state index contributed by atoms with van der Waals surface area (Å²) in [5.41, 5.74) is -0.0657. The number of benzene rings is 1. The molecule has 0 unspecified atom stereocenters. The number of para-hydroxylation sites is 1. The second-order valence-electron chi connectivity index (χ2n) is 4.90. The molecule has 1 N–H and O–H groups in total. The Labute approximate surface area is 117 Å². The van der Waals surface area contributed by atoms with Crippen molar-refractivity contribution in [1.29, 1.82) is 0 Å². The van der Waals surface area contributed by atoms with Crippen LogP contribution in [0.4, 0.5) is 0 Å². The number of hydrogen-bond acceptors (Lipinski definition) is 4. The van der Waals surface area contributed by atoms with Gasteiger partial charge in [-0.25, -0.2) is 4.79 Å². The minimum Gasteiger partial charge on any atom is -0.422 e. The molecular formula is C15H18N2O3. The van der Waals surface area contributed by atoms with E-state index >= 15 is 0 Å². The highest BCUT2D eigenvalue weighted by molar-refractivity contribution is 5.96. The third-order valence-electron chi connectivity index (χ3n) is 2.95. The van der Waals surface area contributed by atoms with Gasteiger partial charge in [0.25, 0.3) is 5.91 Å². The van der Waals surface area contributed by atoms with Gasteiger partial charge < -0.3 is 14.6 Å². The number of rotatable bonds is 5. The molecule has 1 aromatic carbocycles. The molecule has 0 aliphatic carbocycles. The predicted octanol–water partition coefficient (Wildman–Crippen LogP) is 1.47. The third kappa shape index (κ3) is 3.45. The predicted molar refractivity (Wildman–Crippen MR) is 78.0 cm³/mol. The Bertz CT molecular complexity index is 661. The first kappa shape index (κ1) is 14.3. The number of hydrogen-bond donors (Lipinski definition) is 1. The van der Waals surface area contributed by atoms with E-state index in [1.165, 1.54) is 0 Å². The first-order chi connectivity index (χ1) is 9.58. The molecule has 0 bridgehead atoms. The molecule has 2 aromatic rings. The van der Waals surface area contributed by atoms with Crippen LogP contribution in [0.15, 0.2) is 39.5 Å². The van der Waals surface area contributed by atoms with Crippen molar-refractivity contribution in [3.8, 4) is 0 Å². The van der Waals surface area contributed by atoms with Crippen LogP contribution in [0.1, 0.15) is 16.8 Å². The van der Waals surface area contributed by atoms with Gasteiger partial charge in [0.1, 0.15) is 11.1 Å². The van der Waals surface area contributed by atoms with E-state index in [0.717, 1.165) is 18.4 Å². The molecule has 106 valence electrons. The van der Waals surface area contributed by atoms with Gasteiger partial charge in [-0.15, -0.1) is 0 Å². The topological polar surface area (TPSA) is 62.6 Å². The van der Waals surface area contributed by atoms with Crippen LogP contribution in [-0.2, 0) is 0 Å². The fourth-order valence-corrected chi connectivity index (χ4v) is 1.91. The fraction of sp³-hybridized carbons (Fsp3) is 0.333. The summed E-state index contributed by atoms with van der Waals surface area (Å²) in [6.07, 6.45) is 0.831. The molecule has 0 aliphatic rings. The van der Waals surface area contributed by atoms with Crippen molar-refractivity contribution < 1.29 is 9.21 Å². The zero-order valence-electron chi connectivity index (χ0n) is 11.7. The maximum Gasteiger partial charge on any atom is 0.349 e. The van der Waals surface area contributed by atoms with E-state index in [1.807, 2.05) is 25.1 Å². The van der Waals surface area contributed by atoms with E-state index in [9.17, 15) is 9.59 Å². The zero-order chi connectivity index (χ0) is 14.5. The quantitative estimate of drug-likeness (QED) is 0.662. The van der Waals surface area contributed by atoms with Crippen LogP contribution in [0.25, 0.3) is 11.0 Å². The maximum absolute atomic E-state index is 12.0. The average Bonchev–Trinajstić information content (AvgIpc) is 2.42. The molecule has 5 nitrogen and oxygen atoms in total. The van der Waals surface area contributed by atoms with Gasteiger partial charge in [0.2, 0.25) is 0 Å². The number of amides is 1. The highest BCUT2D eigenvalue weighted by Crippen LogP contribution is 2.12. The molecule has 20 heavy (non-hydrogen) atoms. The Morgan fingerprint density at radius 2 is 2.05 bits per heavy atom. The average molecular weight is 274 g/mol. The molecule has 2 rings (SSSR count). The van der Waals surface area contributed by atoms with E-state index in [0.29, 0.717) is 12.1 Å². The van der Waals surface area contributed by atoms with Gasteiger partial charge in [-0.05, 0) is 39.2 Å². The van der Waals surface area contributed by atoms with Crippen LogP contribution in [-0.4, -0.2) is 38.0 Å². The minimum absolute atomic E-state index is 0.0496. The van der Waals surface area contributed by atoms with Crippen molar-refractivity contribution in [3.05, 3.63) is 46.3 Å². The lowest BCUT2D eigenvalue weighted by Gasteiger charge is -2.09. The standard InChI is InChI=1S/C15H18N2O3/c1-17(2)9-5-8-16-14(18)12-10-11-6-3-4-7-13(11)20-15(12)19/h3-4,6-7,10H,5,8-9H2,1-2H3,(H,16,18). The van der Waals surface area contributed by atoms with E-state index in [1.54, 1.807) is 24.3 Å². The van der Waals surface area contributed by atoms with Gasteiger partial charge >= 0.3 is 5.63 Å². The summed E-state index contributed by atoms with van der Waals surface area (Å²) in [5.74, 6) is -0.386. The molecule has 0 spiro atoms. The molecule has 0 fully saturated rings. The number of nitrogens with zero attached hydrogens (tertiary/aromatic N) is 1. The second-order valence-corrected chi connectivity index (χ2v) is 4.90. The van der Waals surface area contributed by atoms with Crippen molar-refractivity contribution in [3.63, 3.8) is 0 Å². The van der Waals surface area contributed by atoms with E-state index in [-0.39, 0.29) is 11.5 Å². The molecule has 0 aliphatic heterocycles. The monoisotopic (exact) mass is 274 g/mol. The van der Waals surface area contributed by atoms with Gasteiger partial charge in [0, 0.05) is 11.9 Å². The summed E-state index contributed by atoms with van der Waals surface area (Å²) >= 11 is 0. The van der Waals surface area contributed by atoms with Gasteiger partial charge in [-0.3, -0.25) is 4.79 Å². The molecule has 0 radical (unpaired) electrons. The van der Waals surface area contributed by atoms with E-state index in [4.69, 9.17) is 4.42 Å². The van der Waals surface area contributed by atoms with Gasteiger partial charge in [-0.1, -0.05) is 18.2 Å². The summed E-state index contributed by atoms with van der Waals surface area (Å²) in [7, 11) is 3.94. The van der Waals surface area contributed by atoms with Gasteiger partial charge in [0.05, 0.1) is 0 Å². The Balaban J connectivity index is 2.10. The van der Waals surface area contributed by atoms with Crippen LogP contribution in [0, 0.1) is 0 Å². The van der Waals surface area contributed by atoms with Crippen molar-refractivity contribution in [2.24, 2.45) is 0 Å². The first-order valence-corrected chi connectivity index (χ1v) is 6.54. The summed E-state index contributed by atoms with van der Waals surface area (Å²) in [6.45, 7) is 1.41. The van der Waals surface area contributed by atoms with Crippen molar-refractivity contribution in [2.45, 2.75) is 6.42 Å². The third-order valence-corrected chi connectivity index (χ3v) is 2.95. The Kier molecular flexibility index (Phi) is 4.53. The largest absolute Gasteiger partial charge is 0.422 e. The lowest BCUT2D eigenvalue weighted by atomic mass is 10.2. The van der Waals surface area contributed by atoms with Crippen LogP contribution in [0.3, 0.4) is 0 Å². The summed E-state index contributed by atoms with van der Waals surface area (Å²) in [4.78, 5) is 25.8. The number of carbonyl (C=O) groups is 1. The van der Waals surface area contributed by atoms with Gasteiger partial charge in [0.15, 0.2) is 0 Å². The summed E-state index contributed by atoms with van der Waals surface area (Å²) < 4.78 is 5.13. The fourth-order valence-electron chi connectivity index (χ4n) is 1.91. The SMILES string of the molecule is CN(C)CCCNC(=O)c1cc2ccccc2oc1=O. The van der Waals surface area contributed by atoms with E-state index < -0.39 is 5.63 Å². The minimum atomic E-state index is -0.603. The Morgan fingerprint density at radius 1 is 1.30 bits per heavy atom. The molecule has 1 heterocycles. The second kappa shape index (κ2) is 6.34. The zero-order valence-corrected chi connectivity index (χ0v) is 11.7. The number of nitrogens with one attached hydrogen (secondary N) is 1. The lowest BCUT2D eigenvalue weighted by molar-refractivity contribution is 0.0949. The molecule has 0 saturated heterocycles. The summed E-state index contributed by atoms with van der Waals surface area (Å²) in [6, 6.07) is 8.70.